The Labute approximate surface area is 241 Å². The van der Waals surface area contributed by atoms with E-state index in [1.165, 1.54) is 6.20 Å². The lowest BCUT2D eigenvalue weighted by molar-refractivity contribution is -0.147. The Morgan fingerprint density at radius 2 is 1.80 bits per heavy atom. The summed E-state index contributed by atoms with van der Waals surface area (Å²) in [5.74, 6) is 1.26. The first-order chi connectivity index (χ1) is 19.5. The molecule has 12 heteroatoms. The topological polar surface area (TPSA) is 137 Å². The number of piperidine rings is 1. The molecule has 0 unspecified atom stereocenters. The van der Waals surface area contributed by atoms with E-state index in [4.69, 9.17) is 35.3 Å². The summed E-state index contributed by atoms with van der Waals surface area (Å²) >= 11 is 6.02. The molecule has 1 saturated heterocycles. The smallest absolute Gasteiger partial charge is 0.477 e. The Kier molecular flexibility index (Phi) is 7.72. The third-order valence-electron chi connectivity index (χ3n) is 6.71. The third-order valence-corrected chi connectivity index (χ3v) is 6.95. The van der Waals surface area contributed by atoms with Crippen LogP contribution in [0, 0.1) is 13.8 Å². The van der Waals surface area contributed by atoms with Crippen LogP contribution in [0.2, 0.25) is 5.02 Å². The monoisotopic (exact) mass is 580 g/mol. The number of carbonyl (C=O) groups excluding carboxylic acids is 1. The second kappa shape index (κ2) is 11.2. The molecule has 0 spiro atoms. The van der Waals surface area contributed by atoms with Crippen LogP contribution in [0.3, 0.4) is 0 Å². The quantitative estimate of drug-likeness (QED) is 0.252. The number of benzene rings is 2. The number of ether oxygens (including phenoxy) is 3. The molecule has 5 rings (SSSR count). The highest BCUT2D eigenvalue weighted by Crippen LogP contribution is 2.34. The van der Waals surface area contributed by atoms with Crippen molar-refractivity contribution in [3.8, 4) is 29.0 Å². The fourth-order valence-corrected chi connectivity index (χ4v) is 4.94. The molecule has 4 aromatic rings. The van der Waals surface area contributed by atoms with Crippen LogP contribution in [0.25, 0.3) is 22.7 Å². The minimum atomic E-state index is -1.30. The molecule has 1 fully saturated rings. The number of carbonyl (C=O) groups is 2. The number of hydrogen-bond donors (Lipinski definition) is 1. The van der Waals surface area contributed by atoms with Gasteiger partial charge in [0.1, 0.15) is 23.1 Å². The van der Waals surface area contributed by atoms with E-state index in [0.29, 0.717) is 59.4 Å². The van der Waals surface area contributed by atoms with E-state index in [2.05, 4.69) is 15.0 Å². The van der Waals surface area contributed by atoms with Crippen molar-refractivity contribution in [2.75, 3.05) is 13.1 Å². The highest BCUT2D eigenvalue weighted by molar-refractivity contribution is 6.30. The Balaban J connectivity index is 1.31. The number of likely N-dealkylation sites (tertiary alicyclic amines) is 1. The molecule has 2 aromatic carbocycles. The molecule has 214 valence electrons. The summed E-state index contributed by atoms with van der Waals surface area (Å²) in [5, 5.41) is 9.37. The van der Waals surface area contributed by atoms with Crippen molar-refractivity contribution in [3.63, 3.8) is 0 Å². The lowest BCUT2D eigenvalue weighted by Crippen LogP contribution is -2.52. The molecule has 1 aliphatic heterocycles. The van der Waals surface area contributed by atoms with Crippen LogP contribution in [0.15, 0.2) is 47.0 Å². The molecule has 0 radical (unpaired) electrons. The van der Waals surface area contributed by atoms with Crippen molar-refractivity contribution in [3.05, 3.63) is 58.7 Å². The first-order valence-electron chi connectivity index (χ1n) is 13.0. The second-order valence-electron chi connectivity index (χ2n) is 10.3. The van der Waals surface area contributed by atoms with Gasteiger partial charge in [-0.05, 0) is 69.2 Å². The maximum Gasteiger partial charge on any atom is 0.506 e. The first kappa shape index (κ1) is 28.2. The van der Waals surface area contributed by atoms with Crippen molar-refractivity contribution in [2.24, 2.45) is 0 Å². The molecular formula is C29H29ClN4O7. The van der Waals surface area contributed by atoms with E-state index in [1.807, 2.05) is 26.0 Å². The fraction of sp³-hybridized carbons (Fsp3) is 0.345. The second-order valence-corrected chi connectivity index (χ2v) is 10.8. The molecule has 0 aliphatic carbocycles. The van der Waals surface area contributed by atoms with E-state index in [0.717, 1.165) is 11.1 Å². The standard InChI is InChI=1S/C29H29ClN4O7/c1-16-12-18(24-32-22-15-31-27(33-25(22)40-24)38-21-7-5-6-19(30)14-21)13-17(2)23(16)41-29(3,4)26(35)34-10-8-20(9-11-34)39-28(36)37/h5-7,12-15,20H,8-11H2,1-4H3,(H,36,37). The number of rotatable bonds is 7. The Morgan fingerprint density at radius 3 is 2.46 bits per heavy atom. The number of carboxylic acid groups (broad SMARTS) is 1. The normalized spacial score (nSPS) is 14.2. The number of amides is 1. The number of halogens is 1. The van der Waals surface area contributed by atoms with Gasteiger partial charge in [0.15, 0.2) is 5.60 Å². The average Bonchev–Trinajstić information content (AvgIpc) is 3.34. The molecule has 2 aromatic heterocycles. The predicted octanol–water partition coefficient (Wildman–Crippen LogP) is 6.19. The summed E-state index contributed by atoms with van der Waals surface area (Å²) in [5.41, 5.74) is 1.91. The summed E-state index contributed by atoms with van der Waals surface area (Å²) in [7, 11) is 0. The maximum atomic E-state index is 13.3. The van der Waals surface area contributed by atoms with E-state index in [-0.39, 0.29) is 17.6 Å². The van der Waals surface area contributed by atoms with Crippen LogP contribution in [0.5, 0.6) is 17.5 Å². The van der Waals surface area contributed by atoms with Crippen molar-refractivity contribution in [2.45, 2.75) is 52.2 Å². The predicted molar refractivity (Wildman–Crippen MR) is 149 cm³/mol. The van der Waals surface area contributed by atoms with Crippen LogP contribution in [0.1, 0.15) is 37.8 Å². The number of fused-ring (bicyclic) bond motifs is 1. The van der Waals surface area contributed by atoms with Crippen molar-refractivity contribution < 1.29 is 33.3 Å². The van der Waals surface area contributed by atoms with E-state index >= 15 is 0 Å². The summed E-state index contributed by atoms with van der Waals surface area (Å²) in [6, 6.07) is 10.8. The van der Waals surface area contributed by atoms with E-state index in [9.17, 15) is 9.59 Å². The SMILES string of the molecule is Cc1cc(-c2nc3cnc(Oc4cccc(Cl)c4)nc3o2)cc(C)c1OC(C)(C)C(=O)N1CCC(OC(=O)O)CC1. The van der Waals surface area contributed by atoms with Gasteiger partial charge in [-0.15, -0.1) is 0 Å². The van der Waals surface area contributed by atoms with Gasteiger partial charge < -0.3 is 28.6 Å². The van der Waals surface area contributed by atoms with Gasteiger partial charge in [-0.3, -0.25) is 4.79 Å². The minimum absolute atomic E-state index is 0.101. The molecule has 0 atom stereocenters. The molecule has 41 heavy (non-hydrogen) atoms. The zero-order valence-electron chi connectivity index (χ0n) is 23.0. The Morgan fingerprint density at radius 1 is 1.10 bits per heavy atom. The van der Waals surface area contributed by atoms with Gasteiger partial charge in [0, 0.05) is 36.5 Å². The van der Waals surface area contributed by atoms with Gasteiger partial charge in [0.25, 0.3) is 11.6 Å². The first-order valence-corrected chi connectivity index (χ1v) is 13.4. The summed E-state index contributed by atoms with van der Waals surface area (Å²) in [6.45, 7) is 8.02. The maximum absolute atomic E-state index is 13.3. The van der Waals surface area contributed by atoms with E-state index in [1.54, 1.807) is 43.0 Å². The molecular weight excluding hydrogens is 552 g/mol. The van der Waals surface area contributed by atoms with Crippen LogP contribution in [0.4, 0.5) is 4.79 Å². The van der Waals surface area contributed by atoms with Crippen molar-refractivity contribution >= 4 is 34.9 Å². The number of hydrogen-bond acceptors (Lipinski definition) is 9. The summed E-state index contributed by atoms with van der Waals surface area (Å²) < 4.78 is 22.8. The zero-order valence-corrected chi connectivity index (χ0v) is 23.8. The van der Waals surface area contributed by atoms with Crippen molar-refractivity contribution in [1.82, 2.24) is 19.9 Å². The molecule has 11 nitrogen and oxygen atoms in total. The molecule has 1 aliphatic rings. The molecule has 1 amide bonds. The average molecular weight is 581 g/mol. The number of aryl methyl sites for hydroxylation is 2. The number of aromatic nitrogens is 3. The lowest BCUT2D eigenvalue weighted by Gasteiger charge is -2.37. The molecule has 0 saturated carbocycles. The van der Waals surface area contributed by atoms with Crippen LogP contribution >= 0.6 is 11.6 Å². The summed E-state index contributed by atoms with van der Waals surface area (Å²) in [4.78, 5) is 38.9. The van der Waals surface area contributed by atoms with Gasteiger partial charge >= 0.3 is 12.2 Å². The Bertz CT molecular complexity index is 1590. The van der Waals surface area contributed by atoms with Gasteiger partial charge in [0.05, 0.1) is 6.20 Å². The van der Waals surface area contributed by atoms with Gasteiger partial charge in [-0.25, -0.2) is 14.8 Å². The van der Waals surface area contributed by atoms with Crippen LogP contribution < -0.4 is 9.47 Å². The molecule has 0 bridgehead atoms. The highest BCUT2D eigenvalue weighted by Gasteiger charge is 2.37. The fourth-order valence-electron chi connectivity index (χ4n) is 4.76. The van der Waals surface area contributed by atoms with Gasteiger partial charge in [-0.1, -0.05) is 17.7 Å². The molecule has 3 heterocycles. The zero-order chi connectivity index (χ0) is 29.3. The Hall–Kier alpha value is -4.38. The van der Waals surface area contributed by atoms with Gasteiger partial charge in [-0.2, -0.15) is 4.98 Å². The van der Waals surface area contributed by atoms with Crippen LogP contribution in [-0.4, -0.2) is 61.8 Å². The lowest BCUT2D eigenvalue weighted by atomic mass is 10.0. The largest absolute Gasteiger partial charge is 0.506 e. The van der Waals surface area contributed by atoms with Crippen LogP contribution in [-0.2, 0) is 9.53 Å². The number of oxazole rings is 1. The highest BCUT2D eigenvalue weighted by atomic mass is 35.5. The number of nitrogens with zero attached hydrogens (tertiary/aromatic N) is 4. The van der Waals surface area contributed by atoms with Gasteiger partial charge in [0.2, 0.25) is 5.89 Å². The minimum Gasteiger partial charge on any atom is -0.477 e. The third kappa shape index (κ3) is 6.35. The van der Waals surface area contributed by atoms with Crippen molar-refractivity contribution in [1.29, 1.82) is 0 Å². The molecule has 1 N–H and O–H groups in total. The van der Waals surface area contributed by atoms with E-state index < -0.39 is 17.9 Å². The summed E-state index contributed by atoms with van der Waals surface area (Å²) in [6.07, 6.45) is 0.717.